The van der Waals surface area contributed by atoms with Gasteiger partial charge in [0.1, 0.15) is 0 Å². The molecule has 0 atom stereocenters. The predicted octanol–water partition coefficient (Wildman–Crippen LogP) is 3.23. The Balaban J connectivity index is 2.89. The quantitative estimate of drug-likeness (QED) is 0.676. The molecule has 1 aromatic carbocycles. The number of nitrogens with zero attached hydrogens (tertiary/aromatic N) is 2. The van der Waals surface area contributed by atoms with E-state index in [0.29, 0.717) is 0 Å². The Hall–Kier alpha value is -0.670. The van der Waals surface area contributed by atoms with Crippen LogP contribution in [0, 0.1) is 6.92 Å². The largest absolute Gasteiger partial charge is 0.226 e. The van der Waals surface area contributed by atoms with E-state index in [4.69, 9.17) is 11.6 Å². The van der Waals surface area contributed by atoms with Crippen molar-refractivity contribution >= 4 is 38.4 Å². The molecular weight excluding hydrogens is 251 g/mol. The highest BCUT2D eigenvalue weighted by Crippen LogP contribution is 2.25. The van der Waals surface area contributed by atoms with Gasteiger partial charge in [0.05, 0.1) is 5.52 Å². The maximum Gasteiger partial charge on any atom is 0.222 e. The Morgan fingerprint density at radius 2 is 2.15 bits per heavy atom. The molecule has 2 rings (SSSR count). The van der Waals surface area contributed by atoms with E-state index in [9.17, 15) is 0 Å². The minimum absolute atomic E-state index is 0.249. The zero-order valence-corrected chi connectivity index (χ0v) is 8.93. The molecule has 0 saturated heterocycles. The van der Waals surface area contributed by atoms with Gasteiger partial charge in [0, 0.05) is 16.1 Å². The molecule has 0 N–H and O–H groups in total. The molecule has 0 aliphatic rings. The van der Waals surface area contributed by atoms with Gasteiger partial charge in [-0.05, 0) is 40.0 Å². The van der Waals surface area contributed by atoms with E-state index >= 15 is 0 Å². The van der Waals surface area contributed by atoms with E-state index in [-0.39, 0.29) is 5.28 Å². The van der Waals surface area contributed by atoms with Gasteiger partial charge in [-0.1, -0.05) is 12.1 Å². The van der Waals surface area contributed by atoms with Crippen molar-refractivity contribution in [3.05, 3.63) is 40.6 Å². The average molecular weight is 257 g/mol. The summed E-state index contributed by atoms with van der Waals surface area (Å²) in [6, 6.07) is 3.82. The molecule has 2 aromatic rings. The van der Waals surface area contributed by atoms with Gasteiger partial charge in [-0.2, -0.15) is 0 Å². The fourth-order valence-corrected chi connectivity index (χ4v) is 1.67. The van der Waals surface area contributed by atoms with Crippen molar-refractivity contribution in [1.29, 1.82) is 0 Å². The Kier molecular flexibility index (Phi) is 2.22. The molecule has 2 nitrogen and oxygen atoms in total. The first-order valence-corrected chi connectivity index (χ1v) is 4.78. The Morgan fingerprint density at radius 3 is 2.92 bits per heavy atom. The minimum Gasteiger partial charge on any atom is -0.226 e. The zero-order chi connectivity index (χ0) is 9.42. The minimum atomic E-state index is 0.249. The van der Waals surface area contributed by atoms with Crippen LogP contribution in [0.2, 0.25) is 5.28 Å². The van der Waals surface area contributed by atoms with Crippen LogP contribution in [-0.2, 0) is 0 Å². The highest BCUT2D eigenvalue weighted by Gasteiger charge is 2.03. The second-order valence-corrected chi connectivity index (χ2v) is 3.75. The summed E-state index contributed by atoms with van der Waals surface area (Å²) in [7, 11) is 0. The van der Waals surface area contributed by atoms with Crippen LogP contribution in [-0.4, -0.2) is 9.97 Å². The van der Waals surface area contributed by atoms with E-state index in [2.05, 4.69) is 32.8 Å². The van der Waals surface area contributed by atoms with Crippen molar-refractivity contribution in [1.82, 2.24) is 9.97 Å². The molecule has 1 aromatic heterocycles. The lowest BCUT2D eigenvalue weighted by Gasteiger charge is -2.02. The number of aromatic nitrogens is 2. The summed E-state index contributed by atoms with van der Waals surface area (Å²) in [5, 5.41) is 1.20. The second kappa shape index (κ2) is 3.24. The lowest BCUT2D eigenvalue weighted by molar-refractivity contribution is 1.22. The van der Waals surface area contributed by atoms with Crippen LogP contribution in [0.15, 0.2) is 22.8 Å². The zero-order valence-electron chi connectivity index (χ0n) is 6.59. The van der Waals surface area contributed by atoms with Gasteiger partial charge >= 0.3 is 0 Å². The first kappa shape index (κ1) is 8.91. The van der Waals surface area contributed by atoms with Crippen LogP contribution in [0.1, 0.15) is 5.56 Å². The molecule has 65 valence electrons. The smallest absolute Gasteiger partial charge is 0.222 e. The van der Waals surface area contributed by atoms with Crippen LogP contribution >= 0.6 is 27.5 Å². The standard InChI is InChI=1S/C9H5BrClN2/c1-5-2-3-6-4-12-9(11)13-8(6)7(5)10/h2-4H,1H2. The first-order chi connectivity index (χ1) is 6.18. The monoisotopic (exact) mass is 255 g/mol. The molecule has 0 aliphatic heterocycles. The van der Waals surface area contributed by atoms with E-state index in [1.807, 2.05) is 12.1 Å². The third-order valence-corrected chi connectivity index (χ3v) is 2.81. The number of halogens is 2. The van der Waals surface area contributed by atoms with Crippen molar-refractivity contribution in [2.75, 3.05) is 0 Å². The lowest BCUT2D eigenvalue weighted by Crippen LogP contribution is -1.86. The van der Waals surface area contributed by atoms with Crippen molar-refractivity contribution in [3.8, 4) is 0 Å². The summed E-state index contributed by atoms with van der Waals surface area (Å²) in [6.07, 6.45) is 1.69. The summed E-state index contributed by atoms with van der Waals surface area (Å²) >= 11 is 9.08. The Morgan fingerprint density at radius 1 is 1.38 bits per heavy atom. The van der Waals surface area contributed by atoms with Gasteiger partial charge in [-0.3, -0.25) is 0 Å². The van der Waals surface area contributed by atoms with Crippen LogP contribution in [0.25, 0.3) is 10.9 Å². The van der Waals surface area contributed by atoms with E-state index in [1.54, 1.807) is 6.20 Å². The lowest BCUT2D eigenvalue weighted by atomic mass is 10.2. The highest BCUT2D eigenvalue weighted by atomic mass is 79.9. The molecule has 4 heteroatoms. The number of rotatable bonds is 0. The summed E-state index contributed by atoms with van der Waals surface area (Å²) in [5.74, 6) is 0. The van der Waals surface area contributed by atoms with Crippen molar-refractivity contribution < 1.29 is 0 Å². The van der Waals surface area contributed by atoms with Gasteiger partial charge in [0.25, 0.3) is 0 Å². The molecule has 1 radical (unpaired) electrons. The van der Waals surface area contributed by atoms with Crippen LogP contribution in [0.4, 0.5) is 0 Å². The molecular formula is C9H5BrClN2. The van der Waals surface area contributed by atoms with Gasteiger partial charge in [0.15, 0.2) is 0 Å². The average Bonchev–Trinajstić information content (AvgIpc) is 2.12. The maximum atomic E-state index is 5.68. The number of fused-ring (bicyclic) bond motifs is 1. The molecule has 0 fully saturated rings. The fourth-order valence-electron chi connectivity index (χ4n) is 1.08. The molecule has 0 unspecified atom stereocenters. The fraction of sp³-hybridized carbons (Fsp3) is 0. The number of hydrogen-bond acceptors (Lipinski definition) is 2. The van der Waals surface area contributed by atoms with Crippen LogP contribution in [0.3, 0.4) is 0 Å². The van der Waals surface area contributed by atoms with E-state index in [0.717, 1.165) is 20.9 Å². The highest BCUT2D eigenvalue weighted by molar-refractivity contribution is 9.10. The Bertz CT molecular complexity index is 465. The SMILES string of the molecule is [CH2]c1ccc2cnc(Cl)nc2c1Br. The van der Waals surface area contributed by atoms with Crippen LogP contribution in [0.5, 0.6) is 0 Å². The van der Waals surface area contributed by atoms with Crippen LogP contribution < -0.4 is 0 Å². The molecule has 0 spiro atoms. The number of hydrogen-bond donors (Lipinski definition) is 0. The topological polar surface area (TPSA) is 25.8 Å². The van der Waals surface area contributed by atoms with Gasteiger partial charge in [-0.25, -0.2) is 9.97 Å². The van der Waals surface area contributed by atoms with Crippen molar-refractivity contribution in [3.63, 3.8) is 0 Å². The van der Waals surface area contributed by atoms with Crippen molar-refractivity contribution in [2.24, 2.45) is 0 Å². The first-order valence-electron chi connectivity index (χ1n) is 3.61. The summed E-state index contributed by atoms with van der Waals surface area (Å²) in [6.45, 7) is 3.85. The van der Waals surface area contributed by atoms with E-state index < -0.39 is 0 Å². The molecule has 0 aliphatic carbocycles. The Labute approximate surface area is 89.1 Å². The molecule has 1 heterocycles. The third kappa shape index (κ3) is 1.54. The summed E-state index contributed by atoms with van der Waals surface area (Å²) in [4.78, 5) is 7.99. The third-order valence-electron chi connectivity index (χ3n) is 1.74. The van der Waals surface area contributed by atoms with Gasteiger partial charge < -0.3 is 0 Å². The summed E-state index contributed by atoms with van der Waals surface area (Å²) in [5.41, 5.74) is 1.69. The normalized spacial score (nSPS) is 10.7. The van der Waals surface area contributed by atoms with Crippen molar-refractivity contribution in [2.45, 2.75) is 0 Å². The number of benzene rings is 1. The van der Waals surface area contributed by atoms with Gasteiger partial charge in [0.2, 0.25) is 5.28 Å². The summed E-state index contributed by atoms with van der Waals surface area (Å²) < 4.78 is 0.870. The van der Waals surface area contributed by atoms with Gasteiger partial charge in [-0.15, -0.1) is 0 Å². The predicted molar refractivity (Wildman–Crippen MR) is 56.7 cm³/mol. The molecule has 0 bridgehead atoms. The molecule has 0 saturated carbocycles. The van der Waals surface area contributed by atoms with E-state index in [1.165, 1.54) is 0 Å². The maximum absolute atomic E-state index is 5.68. The second-order valence-electron chi connectivity index (χ2n) is 2.62. The molecule has 13 heavy (non-hydrogen) atoms. The molecule has 0 amide bonds.